The van der Waals surface area contributed by atoms with Gasteiger partial charge >= 0.3 is 0 Å². The van der Waals surface area contributed by atoms with Crippen LogP contribution in [-0.4, -0.2) is 31.3 Å². The molecule has 0 aliphatic heterocycles. The molecule has 0 heterocycles. The zero-order valence-electron chi connectivity index (χ0n) is 13.1. The average Bonchev–Trinajstić information content (AvgIpc) is 3.33. The lowest BCUT2D eigenvalue weighted by Crippen LogP contribution is -2.26. The first-order valence-electron chi connectivity index (χ1n) is 7.45. The van der Waals surface area contributed by atoms with Gasteiger partial charge in [-0.2, -0.15) is 0 Å². The molecule has 1 aliphatic rings. The number of carbonyl (C=O) groups excluding carboxylic acids is 1. The number of amides is 1. The summed E-state index contributed by atoms with van der Waals surface area (Å²) in [5.74, 6) is 1.22. The fourth-order valence-corrected chi connectivity index (χ4v) is 2.75. The molecule has 2 aromatic rings. The van der Waals surface area contributed by atoms with Crippen molar-refractivity contribution in [2.75, 3.05) is 14.2 Å². The number of benzene rings is 2. The standard InChI is InChI=1S/C18H19NO4/c1-22-11-7-8-13(16(20)9-11)18(21)19-15-10-14(15)12-5-3-4-6-17(12)23-2/h3-9,14-15,20H,10H2,1-2H3,(H,19,21). The van der Waals surface area contributed by atoms with Crippen molar-refractivity contribution in [3.63, 3.8) is 0 Å². The monoisotopic (exact) mass is 313 g/mol. The second kappa shape index (κ2) is 6.20. The predicted octanol–water partition coefficient (Wildman–Crippen LogP) is 2.70. The van der Waals surface area contributed by atoms with E-state index in [1.54, 1.807) is 19.2 Å². The van der Waals surface area contributed by atoms with Crippen molar-refractivity contribution in [3.8, 4) is 17.2 Å². The van der Waals surface area contributed by atoms with Crippen molar-refractivity contribution in [2.24, 2.45) is 0 Å². The van der Waals surface area contributed by atoms with Crippen molar-refractivity contribution in [2.45, 2.75) is 18.4 Å². The fourth-order valence-electron chi connectivity index (χ4n) is 2.75. The molecule has 1 fully saturated rings. The molecule has 3 rings (SSSR count). The van der Waals surface area contributed by atoms with Gasteiger partial charge in [-0.3, -0.25) is 4.79 Å². The van der Waals surface area contributed by atoms with E-state index in [4.69, 9.17) is 9.47 Å². The van der Waals surface area contributed by atoms with Gasteiger partial charge in [0, 0.05) is 18.0 Å². The molecular weight excluding hydrogens is 294 g/mol. The first-order chi connectivity index (χ1) is 11.1. The van der Waals surface area contributed by atoms with Crippen LogP contribution in [-0.2, 0) is 0 Å². The Morgan fingerprint density at radius 1 is 1.17 bits per heavy atom. The molecule has 2 aromatic carbocycles. The summed E-state index contributed by atoms with van der Waals surface area (Å²) in [6, 6.07) is 12.5. The largest absolute Gasteiger partial charge is 0.507 e. The second-order valence-electron chi connectivity index (χ2n) is 5.55. The molecule has 1 aliphatic carbocycles. The Kier molecular flexibility index (Phi) is 4.10. The molecule has 5 nitrogen and oxygen atoms in total. The number of hydrogen-bond donors (Lipinski definition) is 2. The highest BCUT2D eigenvalue weighted by atomic mass is 16.5. The van der Waals surface area contributed by atoms with Gasteiger partial charge in [-0.05, 0) is 30.2 Å². The van der Waals surface area contributed by atoms with Crippen LogP contribution in [0.25, 0.3) is 0 Å². The summed E-state index contributed by atoms with van der Waals surface area (Å²) in [6.07, 6.45) is 0.864. The fraction of sp³-hybridized carbons (Fsp3) is 0.278. The number of carbonyl (C=O) groups is 1. The molecule has 0 radical (unpaired) electrons. The molecule has 1 saturated carbocycles. The number of hydrogen-bond acceptors (Lipinski definition) is 4. The van der Waals surface area contributed by atoms with E-state index in [0.717, 1.165) is 17.7 Å². The van der Waals surface area contributed by atoms with Crippen molar-refractivity contribution in [3.05, 3.63) is 53.6 Å². The van der Waals surface area contributed by atoms with Gasteiger partial charge in [0.05, 0.1) is 19.8 Å². The first-order valence-corrected chi connectivity index (χ1v) is 7.45. The molecule has 5 heteroatoms. The number of phenolic OH excluding ortho intramolecular Hbond substituents is 1. The lowest BCUT2D eigenvalue weighted by molar-refractivity contribution is 0.0947. The Labute approximate surface area is 134 Å². The maximum absolute atomic E-state index is 12.3. The number of para-hydroxylation sites is 1. The van der Waals surface area contributed by atoms with Crippen LogP contribution in [0.15, 0.2) is 42.5 Å². The molecule has 2 unspecified atom stereocenters. The maximum Gasteiger partial charge on any atom is 0.255 e. The van der Waals surface area contributed by atoms with E-state index in [-0.39, 0.29) is 29.2 Å². The second-order valence-corrected chi connectivity index (χ2v) is 5.55. The third kappa shape index (κ3) is 3.08. The number of phenols is 1. The van der Waals surface area contributed by atoms with Gasteiger partial charge in [-0.1, -0.05) is 18.2 Å². The van der Waals surface area contributed by atoms with Crippen LogP contribution in [0.3, 0.4) is 0 Å². The van der Waals surface area contributed by atoms with E-state index < -0.39 is 0 Å². The third-order valence-electron chi connectivity index (χ3n) is 4.09. The van der Waals surface area contributed by atoms with E-state index in [0.29, 0.717) is 5.75 Å². The first kappa shape index (κ1) is 15.2. The molecule has 120 valence electrons. The van der Waals surface area contributed by atoms with Crippen molar-refractivity contribution in [1.29, 1.82) is 0 Å². The minimum Gasteiger partial charge on any atom is -0.507 e. The Balaban J connectivity index is 1.68. The molecule has 1 amide bonds. The zero-order chi connectivity index (χ0) is 16.4. The number of ether oxygens (including phenoxy) is 2. The Hall–Kier alpha value is -2.69. The highest BCUT2D eigenvalue weighted by Gasteiger charge is 2.41. The number of rotatable bonds is 5. The summed E-state index contributed by atoms with van der Waals surface area (Å²) >= 11 is 0. The van der Waals surface area contributed by atoms with Crippen LogP contribution in [0, 0.1) is 0 Å². The number of nitrogens with one attached hydrogen (secondary N) is 1. The lowest BCUT2D eigenvalue weighted by Gasteiger charge is -2.10. The van der Waals surface area contributed by atoms with Gasteiger partial charge in [0.15, 0.2) is 0 Å². The summed E-state index contributed by atoms with van der Waals surface area (Å²) in [4.78, 5) is 12.3. The molecule has 23 heavy (non-hydrogen) atoms. The van der Waals surface area contributed by atoms with Crippen LogP contribution >= 0.6 is 0 Å². The Morgan fingerprint density at radius 3 is 2.65 bits per heavy atom. The highest BCUT2D eigenvalue weighted by Crippen LogP contribution is 2.44. The van der Waals surface area contributed by atoms with Gasteiger partial charge in [-0.25, -0.2) is 0 Å². The van der Waals surface area contributed by atoms with Crippen molar-refractivity contribution < 1.29 is 19.4 Å². The summed E-state index contributed by atoms with van der Waals surface area (Å²) in [7, 11) is 3.15. The van der Waals surface area contributed by atoms with Crippen molar-refractivity contribution in [1.82, 2.24) is 5.32 Å². The number of aromatic hydroxyl groups is 1. The minimum atomic E-state index is -0.285. The molecule has 2 atom stereocenters. The van der Waals surface area contributed by atoms with Gasteiger partial charge < -0.3 is 19.9 Å². The summed E-state index contributed by atoms with van der Waals surface area (Å²) in [5.41, 5.74) is 1.34. The van der Waals surface area contributed by atoms with E-state index in [9.17, 15) is 9.90 Å². The van der Waals surface area contributed by atoms with Gasteiger partial charge in [0.25, 0.3) is 5.91 Å². The van der Waals surface area contributed by atoms with E-state index in [1.807, 2.05) is 24.3 Å². The van der Waals surface area contributed by atoms with Crippen LogP contribution in [0.2, 0.25) is 0 Å². The lowest BCUT2D eigenvalue weighted by atomic mass is 10.1. The molecule has 0 aromatic heterocycles. The molecule has 2 N–H and O–H groups in total. The third-order valence-corrected chi connectivity index (χ3v) is 4.09. The van der Waals surface area contributed by atoms with Crippen LogP contribution in [0.5, 0.6) is 17.2 Å². The molecule has 0 saturated heterocycles. The molecule has 0 spiro atoms. The van der Waals surface area contributed by atoms with E-state index >= 15 is 0 Å². The van der Waals surface area contributed by atoms with Gasteiger partial charge in [0.1, 0.15) is 17.2 Å². The SMILES string of the molecule is COc1ccc(C(=O)NC2CC2c2ccccc2OC)c(O)c1. The topological polar surface area (TPSA) is 67.8 Å². The predicted molar refractivity (Wildman–Crippen MR) is 86.3 cm³/mol. The Morgan fingerprint density at radius 2 is 1.96 bits per heavy atom. The highest BCUT2D eigenvalue weighted by molar-refractivity contribution is 5.97. The zero-order valence-corrected chi connectivity index (χ0v) is 13.1. The summed E-state index contributed by atoms with van der Waals surface area (Å²) in [5, 5.41) is 12.9. The molecule has 0 bridgehead atoms. The summed E-state index contributed by atoms with van der Waals surface area (Å²) < 4.78 is 10.4. The van der Waals surface area contributed by atoms with Crippen molar-refractivity contribution >= 4 is 5.91 Å². The minimum absolute atomic E-state index is 0.0558. The normalized spacial score (nSPS) is 19.0. The van der Waals surface area contributed by atoms with E-state index in [2.05, 4.69) is 5.32 Å². The molecular formula is C18H19NO4. The quantitative estimate of drug-likeness (QED) is 0.890. The van der Waals surface area contributed by atoms with Crippen LogP contribution < -0.4 is 14.8 Å². The van der Waals surface area contributed by atoms with Gasteiger partial charge in [-0.15, -0.1) is 0 Å². The van der Waals surface area contributed by atoms with Crippen LogP contribution in [0.4, 0.5) is 0 Å². The average molecular weight is 313 g/mol. The summed E-state index contributed by atoms with van der Waals surface area (Å²) in [6.45, 7) is 0. The van der Waals surface area contributed by atoms with Gasteiger partial charge in [0.2, 0.25) is 0 Å². The van der Waals surface area contributed by atoms with Crippen LogP contribution in [0.1, 0.15) is 28.3 Å². The van der Waals surface area contributed by atoms with E-state index in [1.165, 1.54) is 13.2 Å². The maximum atomic E-state index is 12.3. The smallest absolute Gasteiger partial charge is 0.255 e. The number of methoxy groups -OCH3 is 2. The Bertz CT molecular complexity index is 729.